The van der Waals surface area contributed by atoms with Gasteiger partial charge in [-0.3, -0.25) is 4.98 Å². The molecule has 4 nitrogen and oxygen atoms in total. The summed E-state index contributed by atoms with van der Waals surface area (Å²) < 4.78 is 45.1. The van der Waals surface area contributed by atoms with Crippen LogP contribution < -0.4 is 10.5 Å². The Balaban J connectivity index is 2.43. The second-order valence-corrected chi connectivity index (χ2v) is 3.65. The van der Waals surface area contributed by atoms with Crippen molar-refractivity contribution >= 4 is 0 Å². The van der Waals surface area contributed by atoms with Crippen LogP contribution in [0.1, 0.15) is 18.2 Å². The van der Waals surface area contributed by atoms with Gasteiger partial charge in [0.05, 0.1) is 18.8 Å². The molecule has 1 unspecified atom stereocenters. The van der Waals surface area contributed by atoms with Gasteiger partial charge in [-0.2, -0.15) is 13.2 Å². The predicted molar refractivity (Wildman–Crippen MR) is 59.2 cm³/mol. The van der Waals surface area contributed by atoms with E-state index in [1.165, 1.54) is 7.11 Å². The molecule has 1 rings (SSSR count). The lowest BCUT2D eigenvalue weighted by Gasteiger charge is -2.14. The fourth-order valence-electron chi connectivity index (χ4n) is 1.39. The number of pyridine rings is 1. The van der Waals surface area contributed by atoms with E-state index >= 15 is 0 Å². The van der Waals surface area contributed by atoms with Crippen molar-refractivity contribution in [2.75, 3.05) is 20.3 Å². The van der Waals surface area contributed by atoms with Crippen LogP contribution in [0.2, 0.25) is 0 Å². The van der Waals surface area contributed by atoms with Gasteiger partial charge >= 0.3 is 6.18 Å². The van der Waals surface area contributed by atoms with Crippen LogP contribution in [0.15, 0.2) is 18.3 Å². The molecule has 1 atom stereocenters. The molecule has 2 N–H and O–H groups in total. The van der Waals surface area contributed by atoms with Crippen LogP contribution in [0.4, 0.5) is 13.2 Å². The van der Waals surface area contributed by atoms with Gasteiger partial charge in [0.15, 0.2) is 0 Å². The highest BCUT2D eigenvalue weighted by atomic mass is 19.4. The third kappa shape index (κ3) is 4.89. The van der Waals surface area contributed by atoms with Crippen molar-refractivity contribution in [3.05, 3.63) is 24.0 Å². The first-order valence-electron chi connectivity index (χ1n) is 5.33. The zero-order chi connectivity index (χ0) is 13.6. The van der Waals surface area contributed by atoms with Gasteiger partial charge in [0.2, 0.25) is 0 Å². The summed E-state index contributed by atoms with van der Waals surface area (Å²) >= 11 is 0. The Kier molecular flexibility index (Phi) is 5.36. The fourth-order valence-corrected chi connectivity index (χ4v) is 1.39. The molecule has 0 saturated heterocycles. The summed E-state index contributed by atoms with van der Waals surface area (Å²) in [6, 6.07) is 2.86. The molecular weight excluding hydrogens is 249 g/mol. The monoisotopic (exact) mass is 264 g/mol. The van der Waals surface area contributed by atoms with E-state index in [2.05, 4.69) is 9.72 Å². The van der Waals surface area contributed by atoms with Crippen molar-refractivity contribution in [2.45, 2.75) is 18.6 Å². The Labute approximate surface area is 103 Å². The van der Waals surface area contributed by atoms with Crippen LogP contribution in [-0.4, -0.2) is 31.5 Å². The van der Waals surface area contributed by atoms with Crippen molar-refractivity contribution in [3.8, 4) is 5.75 Å². The summed E-state index contributed by atoms with van der Waals surface area (Å²) in [6.45, 7) is -1.35. The lowest BCUT2D eigenvalue weighted by molar-refractivity contribution is -0.174. The second-order valence-electron chi connectivity index (χ2n) is 3.65. The predicted octanol–water partition coefficient (Wildman–Crippen LogP) is 2.06. The molecule has 0 aliphatic heterocycles. The Hall–Kier alpha value is -1.34. The Bertz CT molecular complexity index is 372. The van der Waals surface area contributed by atoms with Gasteiger partial charge in [0.1, 0.15) is 12.4 Å². The third-order valence-corrected chi connectivity index (χ3v) is 2.21. The lowest BCUT2D eigenvalue weighted by Crippen LogP contribution is -2.20. The van der Waals surface area contributed by atoms with E-state index < -0.39 is 18.8 Å². The molecule has 18 heavy (non-hydrogen) atoms. The molecular formula is C11H15F3N2O2. The van der Waals surface area contributed by atoms with E-state index in [0.717, 1.165) is 0 Å². The van der Waals surface area contributed by atoms with Crippen LogP contribution in [0.3, 0.4) is 0 Å². The molecule has 7 heteroatoms. The van der Waals surface area contributed by atoms with E-state index in [4.69, 9.17) is 10.5 Å². The highest BCUT2D eigenvalue weighted by molar-refractivity contribution is 5.29. The molecule has 0 spiro atoms. The van der Waals surface area contributed by atoms with Crippen molar-refractivity contribution in [1.29, 1.82) is 0 Å². The zero-order valence-electron chi connectivity index (χ0n) is 9.91. The van der Waals surface area contributed by atoms with Gasteiger partial charge < -0.3 is 15.2 Å². The topological polar surface area (TPSA) is 57.4 Å². The summed E-state index contributed by atoms with van der Waals surface area (Å²) in [5.41, 5.74) is 6.33. The number of halogens is 3. The number of aromatic nitrogens is 1. The van der Waals surface area contributed by atoms with E-state index in [-0.39, 0.29) is 13.0 Å². The summed E-state index contributed by atoms with van der Waals surface area (Å²) in [4.78, 5) is 4.05. The smallest absolute Gasteiger partial charge is 0.411 e. The second kappa shape index (κ2) is 6.55. The first-order valence-corrected chi connectivity index (χ1v) is 5.33. The Morgan fingerprint density at radius 1 is 1.44 bits per heavy atom. The fraction of sp³-hybridized carbons (Fsp3) is 0.545. The van der Waals surface area contributed by atoms with E-state index in [9.17, 15) is 13.2 Å². The number of nitrogens with two attached hydrogens (primary N) is 1. The van der Waals surface area contributed by atoms with E-state index in [1.807, 2.05) is 0 Å². The molecule has 0 bridgehead atoms. The summed E-state index contributed by atoms with van der Waals surface area (Å²) in [5, 5.41) is 0. The van der Waals surface area contributed by atoms with Crippen molar-refractivity contribution < 1.29 is 22.6 Å². The molecule has 0 aromatic carbocycles. The van der Waals surface area contributed by atoms with Crippen LogP contribution in [0.25, 0.3) is 0 Å². The maximum absolute atomic E-state index is 11.8. The molecule has 0 fully saturated rings. The van der Waals surface area contributed by atoms with Crippen molar-refractivity contribution in [3.63, 3.8) is 0 Å². The van der Waals surface area contributed by atoms with Gasteiger partial charge in [-0.05, 0) is 18.6 Å². The van der Waals surface area contributed by atoms with Gasteiger partial charge in [0, 0.05) is 12.8 Å². The number of alkyl halides is 3. The van der Waals surface area contributed by atoms with Crippen LogP contribution in [-0.2, 0) is 4.74 Å². The average Bonchev–Trinajstić information content (AvgIpc) is 2.33. The SMILES string of the molecule is COc1cccnc1C(N)CCOCC(F)(F)F. The minimum absolute atomic E-state index is 0.0829. The molecule has 1 aromatic rings. The van der Waals surface area contributed by atoms with Crippen LogP contribution in [0, 0.1) is 0 Å². The molecule has 1 heterocycles. The van der Waals surface area contributed by atoms with Crippen molar-refractivity contribution in [2.24, 2.45) is 5.73 Å². The maximum atomic E-state index is 11.8. The lowest BCUT2D eigenvalue weighted by atomic mass is 10.1. The van der Waals surface area contributed by atoms with Gasteiger partial charge in [-0.1, -0.05) is 0 Å². The standard InChI is InChI=1S/C11H15F3N2O2/c1-17-9-3-2-5-16-10(9)8(15)4-6-18-7-11(12,13)14/h2-3,5,8H,4,6-7,15H2,1H3. The maximum Gasteiger partial charge on any atom is 0.411 e. The number of hydrogen-bond donors (Lipinski definition) is 1. The van der Waals surface area contributed by atoms with Crippen molar-refractivity contribution in [1.82, 2.24) is 4.98 Å². The zero-order valence-corrected chi connectivity index (χ0v) is 9.91. The van der Waals surface area contributed by atoms with E-state index in [1.54, 1.807) is 18.3 Å². The average molecular weight is 264 g/mol. The quantitative estimate of drug-likeness (QED) is 0.799. The van der Waals surface area contributed by atoms with Gasteiger partial charge in [0.25, 0.3) is 0 Å². The number of hydrogen-bond acceptors (Lipinski definition) is 4. The van der Waals surface area contributed by atoms with Gasteiger partial charge in [-0.25, -0.2) is 0 Å². The minimum atomic E-state index is -4.31. The number of methoxy groups -OCH3 is 1. The molecule has 0 amide bonds. The molecule has 0 aliphatic carbocycles. The Morgan fingerprint density at radius 3 is 2.78 bits per heavy atom. The van der Waals surface area contributed by atoms with Gasteiger partial charge in [-0.15, -0.1) is 0 Å². The third-order valence-electron chi connectivity index (χ3n) is 2.21. The van der Waals surface area contributed by atoms with E-state index in [0.29, 0.717) is 11.4 Å². The van der Waals surface area contributed by atoms with Crippen LogP contribution >= 0.6 is 0 Å². The summed E-state index contributed by atoms with van der Waals surface area (Å²) in [7, 11) is 1.48. The molecule has 0 radical (unpaired) electrons. The normalized spacial score (nSPS) is 13.4. The highest BCUT2D eigenvalue weighted by Gasteiger charge is 2.27. The first kappa shape index (κ1) is 14.7. The number of ether oxygens (including phenoxy) is 2. The number of rotatable bonds is 6. The number of nitrogens with zero attached hydrogens (tertiary/aromatic N) is 1. The Morgan fingerprint density at radius 2 is 2.17 bits per heavy atom. The molecule has 0 aliphatic rings. The molecule has 0 saturated carbocycles. The summed E-state index contributed by atoms with van der Waals surface area (Å²) in [6.07, 6.45) is -2.52. The molecule has 102 valence electrons. The summed E-state index contributed by atoms with van der Waals surface area (Å²) in [5.74, 6) is 0.515. The first-order chi connectivity index (χ1) is 8.44. The highest BCUT2D eigenvalue weighted by Crippen LogP contribution is 2.23. The minimum Gasteiger partial charge on any atom is -0.495 e. The van der Waals surface area contributed by atoms with Crippen LogP contribution in [0.5, 0.6) is 5.75 Å². The molecule has 1 aromatic heterocycles. The largest absolute Gasteiger partial charge is 0.495 e.